The zero-order valence-electron chi connectivity index (χ0n) is 11.1. The summed E-state index contributed by atoms with van der Waals surface area (Å²) in [4.78, 5) is 20.2. The van der Waals surface area contributed by atoms with E-state index in [2.05, 4.69) is 4.98 Å². The Kier molecular flexibility index (Phi) is 3.25. The molecule has 2 N–H and O–H groups in total. The SMILES string of the molecule is Nc1ccc(N2CCN(c3cccnc3)CC2=O)cc1. The van der Waals surface area contributed by atoms with Gasteiger partial charge in [0.25, 0.3) is 0 Å². The molecule has 0 radical (unpaired) electrons. The number of piperazine rings is 1. The lowest BCUT2D eigenvalue weighted by Crippen LogP contribution is -2.50. The van der Waals surface area contributed by atoms with Gasteiger partial charge in [-0.25, -0.2) is 0 Å². The average Bonchev–Trinajstić information content (AvgIpc) is 2.49. The minimum Gasteiger partial charge on any atom is -0.399 e. The van der Waals surface area contributed by atoms with Gasteiger partial charge in [0.1, 0.15) is 0 Å². The number of nitrogen functional groups attached to an aromatic ring is 1. The second-order valence-electron chi connectivity index (χ2n) is 4.77. The second-order valence-corrected chi connectivity index (χ2v) is 4.77. The van der Waals surface area contributed by atoms with Crippen molar-refractivity contribution in [2.75, 3.05) is 35.2 Å². The molecule has 102 valence electrons. The Morgan fingerprint density at radius 1 is 1.05 bits per heavy atom. The zero-order chi connectivity index (χ0) is 13.9. The number of nitrogens with two attached hydrogens (primary N) is 1. The number of aromatic nitrogens is 1. The van der Waals surface area contributed by atoms with E-state index >= 15 is 0 Å². The van der Waals surface area contributed by atoms with Gasteiger partial charge in [-0.3, -0.25) is 9.78 Å². The molecule has 1 aromatic heterocycles. The standard InChI is InChI=1S/C15H16N4O/c16-12-3-5-13(6-4-12)19-9-8-18(11-15(19)20)14-2-1-7-17-10-14/h1-7,10H,8-9,11,16H2. The van der Waals surface area contributed by atoms with Crippen LogP contribution in [0, 0.1) is 0 Å². The van der Waals surface area contributed by atoms with Gasteiger partial charge >= 0.3 is 0 Å². The van der Waals surface area contributed by atoms with E-state index in [0.29, 0.717) is 18.8 Å². The maximum atomic E-state index is 12.3. The van der Waals surface area contributed by atoms with Gasteiger partial charge in [0.15, 0.2) is 0 Å². The summed E-state index contributed by atoms with van der Waals surface area (Å²) >= 11 is 0. The molecule has 5 heteroatoms. The van der Waals surface area contributed by atoms with E-state index < -0.39 is 0 Å². The molecule has 1 aromatic carbocycles. The Labute approximate surface area is 117 Å². The van der Waals surface area contributed by atoms with E-state index in [1.807, 2.05) is 41.3 Å². The number of carbonyl (C=O) groups is 1. The largest absolute Gasteiger partial charge is 0.399 e. The lowest BCUT2D eigenvalue weighted by Gasteiger charge is -2.35. The van der Waals surface area contributed by atoms with Crippen LogP contribution in [-0.4, -0.2) is 30.5 Å². The van der Waals surface area contributed by atoms with Crippen molar-refractivity contribution in [2.45, 2.75) is 0 Å². The van der Waals surface area contributed by atoms with Crippen molar-refractivity contribution in [3.05, 3.63) is 48.8 Å². The van der Waals surface area contributed by atoms with Gasteiger partial charge in [-0.15, -0.1) is 0 Å². The van der Waals surface area contributed by atoms with Crippen molar-refractivity contribution in [1.29, 1.82) is 0 Å². The number of benzene rings is 1. The Morgan fingerprint density at radius 3 is 2.50 bits per heavy atom. The first-order valence-corrected chi connectivity index (χ1v) is 6.55. The molecule has 1 amide bonds. The summed E-state index contributed by atoms with van der Waals surface area (Å²) in [6.07, 6.45) is 3.52. The zero-order valence-corrected chi connectivity index (χ0v) is 11.1. The molecule has 2 heterocycles. The monoisotopic (exact) mass is 268 g/mol. The fourth-order valence-electron chi connectivity index (χ4n) is 2.36. The molecule has 3 rings (SSSR count). The lowest BCUT2D eigenvalue weighted by molar-refractivity contribution is -0.117. The summed E-state index contributed by atoms with van der Waals surface area (Å²) in [5, 5.41) is 0. The summed E-state index contributed by atoms with van der Waals surface area (Å²) in [5.74, 6) is 0.0878. The van der Waals surface area contributed by atoms with E-state index in [1.54, 1.807) is 17.3 Å². The molecule has 1 aliphatic heterocycles. The maximum Gasteiger partial charge on any atom is 0.246 e. The van der Waals surface area contributed by atoms with Crippen LogP contribution in [0.1, 0.15) is 0 Å². The second kappa shape index (κ2) is 5.21. The van der Waals surface area contributed by atoms with E-state index in [9.17, 15) is 4.79 Å². The van der Waals surface area contributed by atoms with Gasteiger partial charge in [0.2, 0.25) is 5.91 Å². The molecule has 1 saturated heterocycles. The topological polar surface area (TPSA) is 62.5 Å². The Bertz CT molecular complexity index is 597. The first-order valence-electron chi connectivity index (χ1n) is 6.55. The van der Waals surface area contributed by atoms with Crippen LogP contribution < -0.4 is 15.5 Å². The molecule has 0 atom stereocenters. The maximum absolute atomic E-state index is 12.3. The van der Waals surface area contributed by atoms with Crippen molar-refractivity contribution in [3.8, 4) is 0 Å². The molecule has 0 saturated carbocycles. The lowest BCUT2D eigenvalue weighted by atomic mass is 10.2. The molecule has 5 nitrogen and oxygen atoms in total. The van der Waals surface area contributed by atoms with E-state index in [0.717, 1.165) is 17.9 Å². The number of amides is 1. The van der Waals surface area contributed by atoms with Gasteiger partial charge in [-0.05, 0) is 36.4 Å². The van der Waals surface area contributed by atoms with Crippen LogP contribution in [0.25, 0.3) is 0 Å². The van der Waals surface area contributed by atoms with E-state index in [1.165, 1.54) is 0 Å². The first-order chi connectivity index (χ1) is 9.74. The minimum atomic E-state index is 0.0878. The normalized spacial score (nSPS) is 15.5. The Morgan fingerprint density at radius 2 is 1.85 bits per heavy atom. The third-order valence-electron chi connectivity index (χ3n) is 3.44. The van der Waals surface area contributed by atoms with Crippen molar-refractivity contribution in [1.82, 2.24) is 4.98 Å². The molecule has 0 unspecified atom stereocenters. The van der Waals surface area contributed by atoms with Crippen molar-refractivity contribution >= 4 is 23.0 Å². The average molecular weight is 268 g/mol. The number of hydrogen-bond donors (Lipinski definition) is 1. The van der Waals surface area contributed by atoms with Crippen LogP contribution in [0.15, 0.2) is 48.8 Å². The molecule has 0 aliphatic carbocycles. The Balaban J connectivity index is 1.74. The van der Waals surface area contributed by atoms with Crippen molar-refractivity contribution < 1.29 is 4.79 Å². The predicted molar refractivity (Wildman–Crippen MR) is 79.7 cm³/mol. The molecule has 0 bridgehead atoms. The molecule has 1 fully saturated rings. The molecule has 20 heavy (non-hydrogen) atoms. The van der Waals surface area contributed by atoms with E-state index in [-0.39, 0.29) is 5.91 Å². The summed E-state index contributed by atoms with van der Waals surface area (Å²) < 4.78 is 0. The van der Waals surface area contributed by atoms with Gasteiger partial charge in [0, 0.05) is 30.7 Å². The third kappa shape index (κ3) is 2.42. The van der Waals surface area contributed by atoms with Crippen LogP contribution in [0.5, 0.6) is 0 Å². The highest BCUT2D eigenvalue weighted by Gasteiger charge is 2.25. The minimum absolute atomic E-state index is 0.0878. The predicted octanol–water partition coefficient (Wildman–Crippen LogP) is 1.52. The highest BCUT2D eigenvalue weighted by atomic mass is 16.2. The number of rotatable bonds is 2. The number of anilines is 3. The molecule has 1 aliphatic rings. The highest BCUT2D eigenvalue weighted by Crippen LogP contribution is 2.21. The van der Waals surface area contributed by atoms with E-state index in [4.69, 9.17) is 5.73 Å². The number of nitrogens with zero attached hydrogens (tertiary/aromatic N) is 3. The number of pyridine rings is 1. The summed E-state index contributed by atoms with van der Waals surface area (Å²) in [5.41, 5.74) is 8.26. The van der Waals surface area contributed by atoms with Crippen molar-refractivity contribution in [2.24, 2.45) is 0 Å². The fourth-order valence-corrected chi connectivity index (χ4v) is 2.36. The fraction of sp³-hybridized carbons (Fsp3) is 0.200. The van der Waals surface area contributed by atoms with Crippen LogP contribution in [0.2, 0.25) is 0 Å². The van der Waals surface area contributed by atoms with Gasteiger partial charge in [0.05, 0.1) is 18.4 Å². The molecule has 0 spiro atoms. The summed E-state index contributed by atoms with van der Waals surface area (Å²) in [6.45, 7) is 1.83. The highest BCUT2D eigenvalue weighted by molar-refractivity contribution is 5.97. The Hall–Kier alpha value is -2.56. The number of carbonyl (C=O) groups excluding carboxylic acids is 1. The van der Waals surface area contributed by atoms with Crippen LogP contribution in [0.4, 0.5) is 17.1 Å². The van der Waals surface area contributed by atoms with Crippen LogP contribution in [0.3, 0.4) is 0 Å². The number of hydrogen-bond acceptors (Lipinski definition) is 4. The smallest absolute Gasteiger partial charge is 0.246 e. The van der Waals surface area contributed by atoms with Crippen LogP contribution in [-0.2, 0) is 4.79 Å². The molecular formula is C15H16N4O. The van der Waals surface area contributed by atoms with Crippen molar-refractivity contribution in [3.63, 3.8) is 0 Å². The summed E-state index contributed by atoms with van der Waals surface area (Å²) in [6, 6.07) is 11.2. The quantitative estimate of drug-likeness (QED) is 0.839. The van der Waals surface area contributed by atoms with Gasteiger partial charge < -0.3 is 15.5 Å². The third-order valence-corrected chi connectivity index (χ3v) is 3.44. The van der Waals surface area contributed by atoms with Gasteiger partial charge in [-0.1, -0.05) is 0 Å². The first kappa shape index (κ1) is 12.5. The summed E-state index contributed by atoms with van der Waals surface area (Å²) in [7, 11) is 0. The van der Waals surface area contributed by atoms with Gasteiger partial charge in [-0.2, -0.15) is 0 Å². The van der Waals surface area contributed by atoms with Crippen LogP contribution >= 0.6 is 0 Å². The molecule has 2 aromatic rings. The molecular weight excluding hydrogens is 252 g/mol.